The second-order valence-corrected chi connectivity index (χ2v) is 15.6. The van der Waals surface area contributed by atoms with E-state index in [-0.39, 0.29) is 0 Å². The smallest absolute Gasteiger partial charge is 0.106 e. The van der Waals surface area contributed by atoms with E-state index in [2.05, 4.69) is 72.9 Å². The Kier molecular flexibility index (Phi) is 8.10. The molecule has 0 spiro atoms. The average molecular weight is 571 g/mol. The summed E-state index contributed by atoms with van der Waals surface area (Å²) in [7, 11) is 0. The molecular formula is C36H46N2S2. The molecule has 0 amide bonds. The van der Waals surface area contributed by atoms with E-state index in [9.17, 15) is 0 Å². The standard InChI is InChI=1S/C19H25NS.C17H21NS/c1-2-21-19(15-6-4-3-5-7-15)20-18-16-9-13-8-14(11-16)12-17(18)10-13;19-17(13-4-2-1-3-5-13)18-16-14-7-11-6-12(9-14)10-15(16)8-11/h3-7,13-14,16-18H,2,8-12H2,1H3;1-5,11-12,14-16H,6-10H2,(H,18,19). The van der Waals surface area contributed by atoms with Gasteiger partial charge in [0.05, 0.1) is 11.1 Å². The molecule has 0 aliphatic heterocycles. The van der Waals surface area contributed by atoms with Crippen molar-refractivity contribution in [2.24, 2.45) is 52.3 Å². The van der Waals surface area contributed by atoms with Gasteiger partial charge in [-0.05, 0) is 117 Å². The summed E-state index contributed by atoms with van der Waals surface area (Å²) >= 11 is 7.53. The van der Waals surface area contributed by atoms with Gasteiger partial charge < -0.3 is 5.32 Å². The highest BCUT2D eigenvalue weighted by atomic mass is 32.2. The van der Waals surface area contributed by atoms with Gasteiger partial charge in [0.25, 0.3) is 0 Å². The summed E-state index contributed by atoms with van der Waals surface area (Å²) < 4.78 is 0. The largest absolute Gasteiger partial charge is 0.373 e. The number of rotatable bonds is 5. The van der Waals surface area contributed by atoms with Crippen LogP contribution in [0.1, 0.15) is 82.3 Å². The predicted octanol–water partition coefficient (Wildman–Crippen LogP) is 8.79. The lowest BCUT2D eigenvalue weighted by Crippen LogP contribution is -2.55. The van der Waals surface area contributed by atoms with Crippen LogP contribution in [0, 0.1) is 47.3 Å². The Labute approximate surface area is 251 Å². The molecule has 40 heavy (non-hydrogen) atoms. The van der Waals surface area contributed by atoms with Gasteiger partial charge in [-0.15, -0.1) is 11.8 Å². The molecule has 0 saturated heterocycles. The second-order valence-electron chi connectivity index (χ2n) is 14.0. The van der Waals surface area contributed by atoms with Crippen LogP contribution in [0.3, 0.4) is 0 Å². The zero-order chi connectivity index (χ0) is 27.1. The summed E-state index contributed by atoms with van der Waals surface area (Å²) in [5, 5.41) is 5.00. The van der Waals surface area contributed by atoms with Crippen LogP contribution in [0.2, 0.25) is 0 Å². The molecule has 8 saturated carbocycles. The van der Waals surface area contributed by atoms with Gasteiger partial charge >= 0.3 is 0 Å². The number of hydrogen-bond donors (Lipinski definition) is 1. The zero-order valence-electron chi connectivity index (χ0n) is 24.1. The molecular weight excluding hydrogens is 525 g/mol. The molecule has 212 valence electrons. The molecule has 0 heterocycles. The normalized spacial score (nSPS) is 38.6. The fraction of sp³-hybridized carbons (Fsp3) is 0.611. The van der Waals surface area contributed by atoms with Crippen molar-refractivity contribution in [1.29, 1.82) is 0 Å². The van der Waals surface area contributed by atoms with E-state index < -0.39 is 0 Å². The van der Waals surface area contributed by atoms with Crippen molar-refractivity contribution in [3.8, 4) is 0 Å². The van der Waals surface area contributed by atoms with Gasteiger partial charge in [0, 0.05) is 17.2 Å². The van der Waals surface area contributed by atoms with E-state index in [0.717, 1.165) is 58.1 Å². The summed E-state index contributed by atoms with van der Waals surface area (Å²) in [4.78, 5) is 6.27. The van der Waals surface area contributed by atoms with Crippen molar-refractivity contribution in [3.05, 3.63) is 71.8 Å². The molecule has 8 fully saturated rings. The van der Waals surface area contributed by atoms with E-state index in [1.165, 1.54) is 80.4 Å². The fourth-order valence-electron chi connectivity index (χ4n) is 10.1. The first kappa shape index (κ1) is 27.2. The third-order valence-electron chi connectivity index (χ3n) is 11.3. The molecule has 2 aromatic rings. The number of thioether (sulfide) groups is 1. The Balaban J connectivity index is 0.000000133. The second kappa shape index (κ2) is 11.9. The fourth-order valence-corrected chi connectivity index (χ4v) is 11.2. The van der Waals surface area contributed by atoms with Crippen molar-refractivity contribution in [1.82, 2.24) is 5.32 Å². The molecule has 0 unspecified atom stereocenters. The number of hydrogen-bond acceptors (Lipinski definition) is 3. The highest BCUT2D eigenvalue weighted by molar-refractivity contribution is 8.14. The van der Waals surface area contributed by atoms with Crippen LogP contribution in [-0.4, -0.2) is 27.9 Å². The van der Waals surface area contributed by atoms with E-state index in [4.69, 9.17) is 17.2 Å². The zero-order valence-corrected chi connectivity index (χ0v) is 25.7. The highest BCUT2D eigenvalue weighted by Gasteiger charge is 2.49. The maximum absolute atomic E-state index is 5.61. The summed E-state index contributed by atoms with van der Waals surface area (Å²) in [5.74, 6) is 8.80. The number of nitrogens with zero attached hydrogens (tertiary/aromatic N) is 1. The summed E-state index contributed by atoms with van der Waals surface area (Å²) in [6, 6.07) is 22.5. The molecule has 2 nitrogen and oxygen atoms in total. The molecule has 0 aromatic heterocycles. The third kappa shape index (κ3) is 5.69. The van der Waals surface area contributed by atoms with Gasteiger partial charge in [-0.3, -0.25) is 4.99 Å². The Bertz CT molecular complexity index is 1140. The van der Waals surface area contributed by atoms with Crippen LogP contribution in [0.25, 0.3) is 0 Å². The summed E-state index contributed by atoms with van der Waals surface area (Å²) in [6.07, 6.45) is 14.7. The van der Waals surface area contributed by atoms with Gasteiger partial charge in [0.1, 0.15) is 4.99 Å². The van der Waals surface area contributed by atoms with Gasteiger partial charge in [-0.2, -0.15) is 0 Å². The van der Waals surface area contributed by atoms with Crippen molar-refractivity contribution >= 4 is 34.0 Å². The molecule has 8 aliphatic carbocycles. The van der Waals surface area contributed by atoms with Crippen LogP contribution in [-0.2, 0) is 0 Å². The maximum Gasteiger partial charge on any atom is 0.106 e. The molecule has 1 N–H and O–H groups in total. The molecule has 0 atom stereocenters. The van der Waals surface area contributed by atoms with Crippen LogP contribution in [0.15, 0.2) is 65.7 Å². The lowest BCUT2D eigenvalue weighted by molar-refractivity contribution is -0.00659. The highest BCUT2D eigenvalue weighted by Crippen LogP contribution is 2.55. The van der Waals surface area contributed by atoms with E-state index in [1.54, 1.807) is 0 Å². The quantitative estimate of drug-likeness (QED) is 0.221. The van der Waals surface area contributed by atoms with Crippen LogP contribution in [0.4, 0.5) is 0 Å². The Morgan fingerprint density at radius 2 is 1.12 bits per heavy atom. The molecule has 8 aliphatic rings. The lowest BCUT2D eigenvalue weighted by atomic mass is 9.54. The summed E-state index contributed by atoms with van der Waals surface area (Å²) in [5.41, 5.74) is 2.49. The predicted molar refractivity (Wildman–Crippen MR) is 174 cm³/mol. The van der Waals surface area contributed by atoms with Crippen LogP contribution < -0.4 is 5.32 Å². The van der Waals surface area contributed by atoms with E-state index in [1.807, 2.05) is 11.8 Å². The average Bonchev–Trinajstić information content (AvgIpc) is 2.97. The van der Waals surface area contributed by atoms with Crippen molar-refractivity contribution in [3.63, 3.8) is 0 Å². The first-order chi connectivity index (χ1) is 19.6. The Morgan fingerprint density at radius 1 is 0.675 bits per heavy atom. The molecule has 8 bridgehead atoms. The lowest BCUT2D eigenvalue weighted by Gasteiger charge is -2.54. The minimum atomic E-state index is 0.618. The van der Waals surface area contributed by atoms with Crippen LogP contribution in [0.5, 0.6) is 0 Å². The molecule has 0 radical (unpaired) electrons. The SMILES string of the molecule is CCSC(=NC1C2CC3CC(C2)CC1C3)c1ccccc1.S=C(NC1C2CC3CC(C2)CC1C3)c1ccccc1. The van der Waals surface area contributed by atoms with E-state index in [0.29, 0.717) is 12.1 Å². The van der Waals surface area contributed by atoms with E-state index >= 15 is 0 Å². The number of nitrogens with one attached hydrogen (secondary N) is 1. The molecule has 2 aromatic carbocycles. The Morgan fingerprint density at radius 3 is 1.60 bits per heavy atom. The summed E-state index contributed by atoms with van der Waals surface area (Å²) in [6.45, 7) is 2.24. The molecule has 4 heteroatoms. The van der Waals surface area contributed by atoms with Gasteiger partial charge in [-0.1, -0.05) is 79.8 Å². The third-order valence-corrected chi connectivity index (χ3v) is 12.6. The topological polar surface area (TPSA) is 24.4 Å². The number of aliphatic imine (C=N–C) groups is 1. The maximum atomic E-state index is 5.61. The number of thiocarbonyl (C=S) groups is 1. The Hall–Kier alpha value is -1.65. The molecule has 10 rings (SSSR count). The first-order valence-corrected chi connectivity index (χ1v) is 17.6. The van der Waals surface area contributed by atoms with Crippen LogP contribution >= 0.6 is 24.0 Å². The van der Waals surface area contributed by atoms with Gasteiger partial charge in [-0.25, -0.2) is 0 Å². The van der Waals surface area contributed by atoms with Crippen molar-refractivity contribution in [2.45, 2.75) is 83.2 Å². The monoisotopic (exact) mass is 570 g/mol. The van der Waals surface area contributed by atoms with Gasteiger partial charge in [0.2, 0.25) is 0 Å². The van der Waals surface area contributed by atoms with Gasteiger partial charge in [0.15, 0.2) is 0 Å². The minimum Gasteiger partial charge on any atom is -0.373 e. The first-order valence-electron chi connectivity index (χ1n) is 16.2. The number of benzene rings is 2. The minimum absolute atomic E-state index is 0.618. The van der Waals surface area contributed by atoms with Crippen molar-refractivity contribution < 1.29 is 0 Å². The van der Waals surface area contributed by atoms with Crippen molar-refractivity contribution in [2.75, 3.05) is 5.75 Å².